The third kappa shape index (κ3) is 3.26. The SMILES string of the molecule is Oc1c(C=Nc2ccccc2Cl)sc(=S)n1C1CCCCC1. The largest absolute Gasteiger partial charge is 0.493 e. The standard InChI is InChI=1S/C16H17ClN2OS2/c17-12-8-4-5-9-13(12)18-10-14-15(20)19(16(21)22-14)11-6-2-1-3-7-11/h4-5,8-11,20H,1-3,6-7H2. The molecule has 1 aromatic heterocycles. The molecule has 0 amide bonds. The molecule has 0 aliphatic heterocycles. The molecule has 0 atom stereocenters. The van der Waals surface area contributed by atoms with Gasteiger partial charge in [-0.05, 0) is 37.2 Å². The first-order chi connectivity index (χ1) is 10.7. The van der Waals surface area contributed by atoms with Gasteiger partial charge in [0.05, 0.1) is 16.9 Å². The third-order valence-corrected chi connectivity index (χ3v) is 5.60. The maximum absolute atomic E-state index is 10.5. The van der Waals surface area contributed by atoms with E-state index < -0.39 is 0 Å². The topological polar surface area (TPSA) is 37.5 Å². The van der Waals surface area contributed by atoms with Gasteiger partial charge in [-0.25, -0.2) is 0 Å². The molecule has 6 heteroatoms. The van der Waals surface area contributed by atoms with E-state index in [9.17, 15) is 5.11 Å². The van der Waals surface area contributed by atoms with E-state index in [1.54, 1.807) is 12.3 Å². The van der Waals surface area contributed by atoms with Gasteiger partial charge < -0.3 is 5.11 Å². The molecular weight excluding hydrogens is 336 g/mol. The normalized spacial score (nSPS) is 16.4. The molecule has 3 rings (SSSR count). The first-order valence-corrected chi connectivity index (χ1v) is 9.00. The average molecular weight is 353 g/mol. The highest BCUT2D eigenvalue weighted by molar-refractivity contribution is 7.73. The fourth-order valence-electron chi connectivity index (χ4n) is 2.82. The van der Waals surface area contributed by atoms with Gasteiger partial charge >= 0.3 is 0 Å². The quantitative estimate of drug-likeness (QED) is 0.552. The third-order valence-electron chi connectivity index (χ3n) is 3.96. The Morgan fingerprint density at radius 1 is 1.27 bits per heavy atom. The first kappa shape index (κ1) is 15.7. The summed E-state index contributed by atoms with van der Waals surface area (Å²) in [5, 5.41) is 11.1. The molecule has 1 fully saturated rings. The molecule has 1 saturated carbocycles. The highest BCUT2D eigenvalue weighted by atomic mass is 35.5. The van der Waals surface area contributed by atoms with Gasteiger partial charge in [-0.1, -0.05) is 54.3 Å². The highest BCUT2D eigenvalue weighted by Crippen LogP contribution is 2.36. The van der Waals surface area contributed by atoms with E-state index in [0.29, 0.717) is 25.6 Å². The molecule has 1 N–H and O–H groups in total. The van der Waals surface area contributed by atoms with Crippen LogP contribution >= 0.6 is 35.2 Å². The molecule has 22 heavy (non-hydrogen) atoms. The molecule has 1 aromatic carbocycles. The minimum Gasteiger partial charge on any atom is -0.493 e. The molecule has 2 aromatic rings. The average Bonchev–Trinajstić information content (AvgIpc) is 2.81. The van der Waals surface area contributed by atoms with E-state index in [1.807, 2.05) is 22.8 Å². The van der Waals surface area contributed by atoms with Crippen molar-refractivity contribution in [2.45, 2.75) is 38.1 Å². The number of benzene rings is 1. The predicted molar refractivity (Wildman–Crippen MR) is 95.6 cm³/mol. The van der Waals surface area contributed by atoms with Crippen LogP contribution < -0.4 is 0 Å². The van der Waals surface area contributed by atoms with Crippen molar-refractivity contribution in [1.82, 2.24) is 4.57 Å². The molecule has 0 unspecified atom stereocenters. The zero-order chi connectivity index (χ0) is 15.5. The van der Waals surface area contributed by atoms with Crippen LogP contribution in [-0.4, -0.2) is 15.9 Å². The number of aromatic nitrogens is 1. The molecular formula is C16H17ClN2OS2. The van der Waals surface area contributed by atoms with Crippen LogP contribution in [0.5, 0.6) is 5.88 Å². The van der Waals surface area contributed by atoms with Crippen LogP contribution in [0.2, 0.25) is 5.02 Å². The van der Waals surface area contributed by atoms with E-state index in [-0.39, 0.29) is 5.88 Å². The maximum atomic E-state index is 10.5. The Morgan fingerprint density at radius 2 is 2.00 bits per heavy atom. The van der Waals surface area contributed by atoms with Gasteiger partial charge in [0, 0.05) is 6.04 Å². The van der Waals surface area contributed by atoms with Gasteiger partial charge in [0.2, 0.25) is 5.88 Å². The number of aliphatic imine (C=N–C) groups is 1. The highest BCUT2D eigenvalue weighted by Gasteiger charge is 2.21. The van der Waals surface area contributed by atoms with Crippen molar-refractivity contribution in [3.05, 3.63) is 38.1 Å². The summed E-state index contributed by atoms with van der Waals surface area (Å²) in [5.41, 5.74) is 0.687. The zero-order valence-corrected chi connectivity index (χ0v) is 14.4. The van der Waals surface area contributed by atoms with Gasteiger partial charge in [-0.3, -0.25) is 9.56 Å². The van der Waals surface area contributed by atoms with Crippen LogP contribution in [0.15, 0.2) is 29.3 Å². The van der Waals surface area contributed by atoms with Gasteiger partial charge in [0.15, 0.2) is 3.95 Å². The van der Waals surface area contributed by atoms with Gasteiger partial charge in [-0.2, -0.15) is 0 Å². The molecule has 1 aliphatic rings. The van der Waals surface area contributed by atoms with E-state index >= 15 is 0 Å². The van der Waals surface area contributed by atoms with E-state index in [0.717, 1.165) is 12.8 Å². The molecule has 0 radical (unpaired) electrons. The minimum atomic E-state index is 0.234. The summed E-state index contributed by atoms with van der Waals surface area (Å²) in [6.07, 6.45) is 7.49. The smallest absolute Gasteiger partial charge is 0.212 e. The monoisotopic (exact) mass is 352 g/mol. The lowest BCUT2D eigenvalue weighted by Crippen LogP contribution is -2.12. The van der Waals surface area contributed by atoms with E-state index in [2.05, 4.69) is 4.99 Å². The van der Waals surface area contributed by atoms with Gasteiger partial charge in [0.1, 0.15) is 4.88 Å². The van der Waals surface area contributed by atoms with Crippen molar-refractivity contribution >= 4 is 47.1 Å². The fraction of sp³-hybridized carbons (Fsp3) is 0.375. The summed E-state index contributed by atoms with van der Waals surface area (Å²) < 4.78 is 2.61. The summed E-state index contributed by atoms with van der Waals surface area (Å²) in [7, 11) is 0. The number of hydrogen-bond acceptors (Lipinski definition) is 4. The van der Waals surface area contributed by atoms with Gasteiger partial charge in [-0.15, -0.1) is 0 Å². The zero-order valence-electron chi connectivity index (χ0n) is 12.0. The van der Waals surface area contributed by atoms with Crippen LogP contribution in [0.25, 0.3) is 0 Å². The lowest BCUT2D eigenvalue weighted by atomic mass is 9.95. The molecule has 116 valence electrons. The molecule has 3 nitrogen and oxygen atoms in total. The Kier molecular flexibility index (Phi) is 4.96. The fourth-order valence-corrected chi connectivity index (χ4v) is 4.33. The molecule has 0 saturated heterocycles. The molecule has 0 spiro atoms. The van der Waals surface area contributed by atoms with Crippen molar-refractivity contribution in [2.24, 2.45) is 4.99 Å². The second-order valence-corrected chi connectivity index (χ2v) is 7.51. The van der Waals surface area contributed by atoms with Crippen LogP contribution in [0.1, 0.15) is 43.0 Å². The van der Waals surface area contributed by atoms with Crippen molar-refractivity contribution in [3.8, 4) is 5.88 Å². The predicted octanol–water partition coefficient (Wildman–Crippen LogP) is 5.89. The summed E-state index contributed by atoms with van der Waals surface area (Å²) in [5.74, 6) is 0.234. The Morgan fingerprint density at radius 3 is 2.73 bits per heavy atom. The van der Waals surface area contributed by atoms with Crippen LogP contribution in [0.3, 0.4) is 0 Å². The Balaban J connectivity index is 1.89. The van der Waals surface area contributed by atoms with Crippen molar-refractivity contribution in [3.63, 3.8) is 0 Å². The summed E-state index contributed by atoms with van der Waals surface area (Å²) in [6.45, 7) is 0. The number of halogens is 1. The van der Waals surface area contributed by atoms with Crippen LogP contribution in [0, 0.1) is 3.95 Å². The number of aromatic hydroxyl groups is 1. The Labute approximate surface area is 143 Å². The Hall–Kier alpha value is -1.17. The number of nitrogens with zero attached hydrogens (tertiary/aromatic N) is 2. The number of hydrogen-bond donors (Lipinski definition) is 1. The molecule has 1 heterocycles. The van der Waals surface area contributed by atoms with Crippen molar-refractivity contribution in [1.29, 1.82) is 0 Å². The molecule has 0 bridgehead atoms. The van der Waals surface area contributed by atoms with Crippen LogP contribution in [0.4, 0.5) is 5.69 Å². The maximum Gasteiger partial charge on any atom is 0.212 e. The van der Waals surface area contributed by atoms with Crippen molar-refractivity contribution < 1.29 is 5.11 Å². The van der Waals surface area contributed by atoms with E-state index in [1.165, 1.54) is 30.6 Å². The summed E-state index contributed by atoms with van der Waals surface area (Å²) in [6, 6.07) is 7.70. The number of rotatable bonds is 3. The number of para-hydroxylation sites is 1. The van der Waals surface area contributed by atoms with Crippen LogP contribution in [-0.2, 0) is 0 Å². The summed E-state index contributed by atoms with van der Waals surface area (Å²) in [4.78, 5) is 5.06. The molecule has 1 aliphatic carbocycles. The first-order valence-electron chi connectivity index (χ1n) is 7.39. The lowest BCUT2D eigenvalue weighted by Gasteiger charge is -2.23. The lowest BCUT2D eigenvalue weighted by molar-refractivity contribution is 0.312. The van der Waals surface area contributed by atoms with Crippen molar-refractivity contribution in [2.75, 3.05) is 0 Å². The summed E-state index contributed by atoms with van der Waals surface area (Å²) >= 11 is 12.9. The second kappa shape index (κ2) is 6.94. The van der Waals surface area contributed by atoms with E-state index in [4.69, 9.17) is 23.8 Å². The minimum absolute atomic E-state index is 0.234. The second-order valence-electron chi connectivity index (χ2n) is 5.43. The number of thiazole rings is 1. The van der Waals surface area contributed by atoms with Gasteiger partial charge in [0.25, 0.3) is 0 Å². The Bertz CT molecular complexity index is 745.